The lowest BCUT2D eigenvalue weighted by Crippen LogP contribution is -2.44. The van der Waals surface area contributed by atoms with Crippen LogP contribution in [0.2, 0.25) is 0 Å². The Bertz CT molecular complexity index is 1040. The van der Waals surface area contributed by atoms with Gasteiger partial charge in [-0.2, -0.15) is 0 Å². The third-order valence-corrected chi connectivity index (χ3v) is 6.41. The van der Waals surface area contributed by atoms with Gasteiger partial charge < -0.3 is 9.47 Å². The smallest absolute Gasteiger partial charge is 0.228 e. The van der Waals surface area contributed by atoms with Crippen LogP contribution in [0.25, 0.3) is 6.08 Å². The van der Waals surface area contributed by atoms with E-state index >= 15 is 0 Å². The van der Waals surface area contributed by atoms with Gasteiger partial charge in [0.15, 0.2) is 0 Å². The van der Waals surface area contributed by atoms with Crippen molar-refractivity contribution >= 4 is 12.0 Å². The minimum absolute atomic E-state index is 0.114. The molecule has 4 heteroatoms. The molecule has 160 valence electrons. The Hall–Kier alpha value is -3.14. The van der Waals surface area contributed by atoms with Crippen molar-refractivity contribution < 1.29 is 4.79 Å². The molecular weight excluding hydrogens is 382 g/mol. The molecule has 5 rings (SSSR count). The highest BCUT2D eigenvalue weighted by molar-refractivity contribution is 5.78. The number of fused-ring (bicyclic) bond motifs is 2. The summed E-state index contributed by atoms with van der Waals surface area (Å²) in [5, 5.41) is 0. The molecule has 3 aromatic rings. The molecule has 1 spiro atoms. The molecule has 0 radical (unpaired) electrons. The van der Waals surface area contributed by atoms with E-state index in [0.29, 0.717) is 6.42 Å². The SMILES string of the molecule is CC.O=C(Cc1cncn1Cc1ccccc1)N1CCC2(C=Cc3ccccc32)CC1. The van der Waals surface area contributed by atoms with Crippen LogP contribution in [0.15, 0.2) is 73.2 Å². The standard InChI is InChI=1S/C25H25N3O.C2H6/c29-24(16-22-17-26-19-28(22)18-20-6-2-1-3-7-20)27-14-12-25(13-15-27)11-10-21-8-4-5-9-23(21)25;1-2/h1-11,17,19H,12-16,18H2;1-2H3. The third kappa shape index (κ3) is 4.34. The van der Waals surface area contributed by atoms with Gasteiger partial charge in [0.2, 0.25) is 5.91 Å². The second-order valence-corrected chi connectivity index (χ2v) is 8.13. The normalized spacial score (nSPS) is 16.0. The van der Waals surface area contributed by atoms with Gasteiger partial charge in [0.05, 0.1) is 12.7 Å². The predicted molar refractivity (Wildman–Crippen MR) is 126 cm³/mol. The highest BCUT2D eigenvalue weighted by atomic mass is 16.2. The molecule has 1 aliphatic heterocycles. The minimum atomic E-state index is 0.114. The van der Waals surface area contributed by atoms with E-state index in [4.69, 9.17) is 0 Å². The van der Waals surface area contributed by atoms with Crippen molar-refractivity contribution in [2.45, 2.75) is 45.1 Å². The maximum Gasteiger partial charge on any atom is 0.228 e. The Labute approximate surface area is 185 Å². The number of hydrogen-bond acceptors (Lipinski definition) is 2. The molecule has 0 atom stereocenters. The molecule has 1 aromatic heterocycles. The van der Waals surface area contributed by atoms with Crippen LogP contribution in [0.1, 0.15) is 49.1 Å². The van der Waals surface area contributed by atoms with Crippen LogP contribution in [0, 0.1) is 0 Å². The van der Waals surface area contributed by atoms with Crippen molar-refractivity contribution in [3.05, 3.63) is 95.6 Å². The molecule has 31 heavy (non-hydrogen) atoms. The molecule has 0 unspecified atom stereocenters. The maximum atomic E-state index is 13.0. The number of imidazole rings is 1. The van der Waals surface area contributed by atoms with Crippen LogP contribution >= 0.6 is 0 Å². The number of aromatic nitrogens is 2. The van der Waals surface area contributed by atoms with Crippen molar-refractivity contribution in [3.8, 4) is 0 Å². The number of piperidine rings is 1. The van der Waals surface area contributed by atoms with E-state index in [1.807, 2.05) is 49.5 Å². The fourth-order valence-corrected chi connectivity index (χ4v) is 4.71. The van der Waals surface area contributed by atoms with Gasteiger partial charge in [0.1, 0.15) is 0 Å². The maximum absolute atomic E-state index is 13.0. The van der Waals surface area contributed by atoms with E-state index in [1.165, 1.54) is 16.7 Å². The second-order valence-electron chi connectivity index (χ2n) is 8.13. The van der Waals surface area contributed by atoms with E-state index in [-0.39, 0.29) is 11.3 Å². The number of nitrogens with zero attached hydrogens (tertiary/aromatic N) is 3. The summed E-state index contributed by atoms with van der Waals surface area (Å²) in [6.45, 7) is 6.36. The molecule has 1 saturated heterocycles. The summed E-state index contributed by atoms with van der Waals surface area (Å²) in [6, 6.07) is 18.9. The lowest BCUT2D eigenvalue weighted by molar-refractivity contribution is -0.131. The van der Waals surface area contributed by atoms with Crippen molar-refractivity contribution in [3.63, 3.8) is 0 Å². The van der Waals surface area contributed by atoms with Gasteiger partial charge in [-0.1, -0.05) is 80.6 Å². The number of likely N-dealkylation sites (tertiary alicyclic amines) is 1. The molecule has 0 saturated carbocycles. The fourth-order valence-electron chi connectivity index (χ4n) is 4.71. The number of carbonyl (C=O) groups is 1. The van der Waals surface area contributed by atoms with Crippen LogP contribution in [0.3, 0.4) is 0 Å². The number of hydrogen-bond donors (Lipinski definition) is 0. The number of rotatable bonds is 4. The topological polar surface area (TPSA) is 38.1 Å². The summed E-state index contributed by atoms with van der Waals surface area (Å²) >= 11 is 0. The van der Waals surface area contributed by atoms with E-state index in [9.17, 15) is 4.79 Å². The van der Waals surface area contributed by atoms with E-state index in [1.54, 1.807) is 0 Å². The minimum Gasteiger partial charge on any atom is -0.342 e. The van der Waals surface area contributed by atoms with Crippen LogP contribution in [-0.2, 0) is 23.2 Å². The molecule has 1 aliphatic carbocycles. The van der Waals surface area contributed by atoms with Crippen molar-refractivity contribution in [2.24, 2.45) is 0 Å². The van der Waals surface area contributed by atoms with Crippen molar-refractivity contribution in [1.29, 1.82) is 0 Å². The Morgan fingerprint density at radius 3 is 2.48 bits per heavy atom. The second kappa shape index (κ2) is 9.34. The Morgan fingerprint density at radius 2 is 1.71 bits per heavy atom. The summed E-state index contributed by atoms with van der Waals surface area (Å²) in [4.78, 5) is 19.3. The summed E-state index contributed by atoms with van der Waals surface area (Å²) in [6.07, 6.45) is 10.6. The van der Waals surface area contributed by atoms with Crippen LogP contribution in [-0.4, -0.2) is 33.4 Å². The molecule has 0 N–H and O–H groups in total. The van der Waals surface area contributed by atoms with E-state index < -0.39 is 0 Å². The monoisotopic (exact) mass is 413 g/mol. The van der Waals surface area contributed by atoms with Gasteiger partial charge in [0.25, 0.3) is 0 Å². The van der Waals surface area contributed by atoms with Crippen molar-refractivity contribution in [1.82, 2.24) is 14.5 Å². The molecule has 2 heterocycles. The molecular formula is C27H31N3O. The lowest BCUT2D eigenvalue weighted by Gasteiger charge is -2.39. The number of allylic oxidation sites excluding steroid dienone is 1. The van der Waals surface area contributed by atoms with Gasteiger partial charge >= 0.3 is 0 Å². The summed E-state index contributed by atoms with van der Waals surface area (Å²) in [7, 11) is 0. The zero-order valence-corrected chi connectivity index (χ0v) is 18.5. The largest absolute Gasteiger partial charge is 0.342 e. The fraction of sp³-hybridized carbons (Fsp3) is 0.333. The highest BCUT2D eigenvalue weighted by Gasteiger charge is 2.38. The van der Waals surface area contributed by atoms with Gasteiger partial charge in [-0.05, 0) is 29.5 Å². The van der Waals surface area contributed by atoms with E-state index in [0.717, 1.165) is 38.2 Å². The average Bonchev–Trinajstić information content (AvgIpc) is 3.41. The molecule has 2 aliphatic rings. The molecule has 1 fully saturated rings. The van der Waals surface area contributed by atoms with Gasteiger partial charge in [-0.25, -0.2) is 4.98 Å². The summed E-state index contributed by atoms with van der Waals surface area (Å²) in [5.41, 5.74) is 5.06. The van der Waals surface area contributed by atoms with Crippen LogP contribution in [0.4, 0.5) is 0 Å². The first-order chi connectivity index (χ1) is 15.2. The first-order valence-corrected chi connectivity index (χ1v) is 11.3. The molecule has 4 nitrogen and oxygen atoms in total. The molecule has 1 amide bonds. The highest BCUT2D eigenvalue weighted by Crippen LogP contribution is 2.43. The lowest BCUT2D eigenvalue weighted by atomic mass is 9.74. The number of amides is 1. The van der Waals surface area contributed by atoms with Crippen molar-refractivity contribution in [2.75, 3.05) is 13.1 Å². The summed E-state index contributed by atoms with van der Waals surface area (Å²) < 4.78 is 2.08. The van der Waals surface area contributed by atoms with Gasteiger partial charge in [-0.15, -0.1) is 0 Å². The van der Waals surface area contributed by atoms with Gasteiger partial charge in [-0.3, -0.25) is 4.79 Å². The summed E-state index contributed by atoms with van der Waals surface area (Å²) in [5.74, 6) is 0.199. The Balaban J connectivity index is 0.00000112. The third-order valence-electron chi connectivity index (χ3n) is 6.41. The van der Waals surface area contributed by atoms with Crippen LogP contribution < -0.4 is 0 Å². The predicted octanol–water partition coefficient (Wildman–Crippen LogP) is 5.09. The van der Waals surface area contributed by atoms with E-state index in [2.05, 4.69) is 58.1 Å². The average molecular weight is 414 g/mol. The first kappa shape index (κ1) is 21.1. The number of benzene rings is 2. The van der Waals surface area contributed by atoms with Crippen LogP contribution in [0.5, 0.6) is 0 Å². The Kier molecular flexibility index (Phi) is 6.36. The molecule has 2 aromatic carbocycles. The Morgan fingerprint density at radius 1 is 1.00 bits per heavy atom. The quantitative estimate of drug-likeness (QED) is 0.598. The zero-order valence-electron chi connectivity index (χ0n) is 18.5. The number of carbonyl (C=O) groups excluding carboxylic acids is 1. The molecule has 0 bridgehead atoms. The van der Waals surface area contributed by atoms with Gasteiger partial charge in [0, 0.05) is 36.9 Å². The zero-order chi connectivity index (χ0) is 21.7. The first-order valence-electron chi connectivity index (χ1n) is 11.3.